The third-order valence-electron chi connectivity index (χ3n) is 4.75. The van der Waals surface area contributed by atoms with Crippen LogP contribution in [0.3, 0.4) is 0 Å². The summed E-state index contributed by atoms with van der Waals surface area (Å²) in [6, 6.07) is 12.2. The van der Waals surface area contributed by atoms with Crippen molar-refractivity contribution >= 4 is 39.7 Å². The lowest BCUT2D eigenvalue weighted by Gasteiger charge is -2.30. The largest absolute Gasteiger partial charge is 0.383 e. The number of halogens is 3. The normalized spacial score (nSPS) is 12.2. The van der Waals surface area contributed by atoms with Crippen LogP contribution in [-0.2, 0) is 11.3 Å². The van der Waals surface area contributed by atoms with Crippen LogP contribution in [0.1, 0.15) is 23.8 Å². The molecule has 0 bridgehead atoms. The van der Waals surface area contributed by atoms with Gasteiger partial charge >= 0.3 is 0 Å². The van der Waals surface area contributed by atoms with Crippen molar-refractivity contribution in [2.24, 2.45) is 0 Å². The summed E-state index contributed by atoms with van der Waals surface area (Å²) >= 11 is 14.1. The van der Waals surface area contributed by atoms with Gasteiger partial charge in [-0.05, 0) is 49.2 Å². The standard InChI is InChI=1S/C22H23Cl2FN2OS/c1-4-18(13-28-3)27(12-15-5-8-17(25)9-6-15)22-26-21(14(2)29-22)19-10-7-16(23)11-20(19)24/h5-11,18H,4,12-13H2,1-3H3. The fourth-order valence-corrected chi connectivity index (χ4v) is 4.69. The van der Waals surface area contributed by atoms with Crippen LogP contribution in [0.25, 0.3) is 11.3 Å². The molecule has 0 saturated carbocycles. The maximum absolute atomic E-state index is 13.3. The van der Waals surface area contributed by atoms with E-state index in [-0.39, 0.29) is 11.9 Å². The molecular weight excluding hydrogens is 430 g/mol. The van der Waals surface area contributed by atoms with Gasteiger partial charge in [0.1, 0.15) is 5.82 Å². The third kappa shape index (κ3) is 5.28. The molecule has 154 valence electrons. The van der Waals surface area contributed by atoms with Crippen molar-refractivity contribution in [2.45, 2.75) is 32.9 Å². The van der Waals surface area contributed by atoms with Gasteiger partial charge in [-0.3, -0.25) is 0 Å². The highest BCUT2D eigenvalue weighted by Crippen LogP contribution is 2.38. The minimum atomic E-state index is -0.242. The number of hydrogen-bond donors (Lipinski definition) is 0. The lowest BCUT2D eigenvalue weighted by Crippen LogP contribution is -2.37. The number of rotatable bonds is 8. The van der Waals surface area contributed by atoms with Crippen LogP contribution in [0.15, 0.2) is 42.5 Å². The smallest absolute Gasteiger partial charge is 0.186 e. The first kappa shape index (κ1) is 22.0. The van der Waals surface area contributed by atoms with Crippen LogP contribution in [-0.4, -0.2) is 24.7 Å². The Labute approximate surface area is 185 Å². The van der Waals surface area contributed by atoms with Gasteiger partial charge in [0.15, 0.2) is 5.13 Å². The number of ether oxygens (including phenoxy) is 1. The molecule has 0 amide bonds. The maximum atomic E-state index is 13.3. The number of nitrogens with zero attached hydrogens (tertiary/aromatic N) is 2. The summed E-state index contributed by atoms with van der Waals surface area (Å²) in [5.41, 5.74) is 2.72. The Kier molecular flexibility index (Phi) is 7.52. The molecule has 0 aliphatic carbocycles. The highest BCUT2D eigenvalue weighted by atomic mass is 35.5. The predicted octanol–water partition coefficient (Wildman–Crippen LogP) is 7.00. The van der Waals surface area contributed by atoms with Crippen LogP contribution in [0.4, 0.5) is 9.52 Å². The number of aromatic nitrogens is 1. The number of thiazole rings is 1. The molecule has 3 nitrogen and oxygen atoms in total. The van der Waals surface area contributed by atoms with Crippen molar-refractivity contribution in [3.8, 4) is 11.3 Å². The Hall–Kier alpha value is -1.66. The molecule has 0 spiro atoms. The van der Waals surface area contributed by atoms with Crippen molar-refractivity contribution < 1.29 is 9.13 Å². The third-order valence-corrected chi connectivity index (χ3v) is 6.31. The molecular formula is C22H23Cl2FN2OS. The van der Waals surface area contributed by atoms with E-state index >= 15 is 0 Å². The zero-order chi connectivity index (χ0) is 21.0. The molecule has 7 heteroatoms. The molecule has 1 heterocycles. The van der Waals surface area contributed by atoms with E-state index in [4.69, 9.17) is 32.9 Å². The first-order chi connectivity index (χ1) is 13.9. The summed E-state index contributed by atoms with van der Waals surface area (Å²) in [5, 5.41) is 2.05. The van der Waals surface area contributed by atoms with E-state index in [9.17, 15) is 4.39 Å². The molecule has 3 aromatic rings. The molecule has 1 atom stereocenters. The summed E-state index contributed by atoms with van der Waals surface area (Å²) in [4.78, 5) is 8.22. The first-order valence-electron chi connectivity index (χ1n) is 9.35. The van der Waals surface area contributed by atoms with Crippen LogP contribution in [0, 0.1) is 12.7 Å². The summed E-state index contributed by atoms with van der Waals surface area (Å²) in [7, 11) is 1.70. The lowest BCUT2D eigenvalue weighted by molar-refractivity contribution is 0.174. The molecule has 0 saturated heterocycles. The first-order valence-corrected chi connectivity index (χ1v) is 10.9. The van der Waals surface area contributed by atoms with Gasteiger partial charge in [-0.1, -0.05) is 42.3 Å². The van der Waals surface area contributed by atoms with Crippen LogP contribution in [0.2, 0.25) is 10.0 Å². The summed E-state index contributed by atoms with van der Waals surface area (Å²) in [5.74, 6) is -0.242. The minimum absolute atomic E-state index is 0.143. The molecule has 2 aromatic carbocycles. The SMILES string of the molecule is CCC(COC)N(Cc1ccc(F)cc1)c1nc(-c2ccc(Cl)cc2Cl)c(C)s1. The van der Waals surface area contributed by atoms with Gasteiger partial charge in [0.25, 0.3) is 0 Å². The zero-order valence-corrected chi connectivity index (χ0v) is 18.9. The second kappa shape index (κ2) is 9.90. The molecule has 0 N–H and O–H groups in total. The molecule has 1 aromatic heterocycles. The highest BCUT2D eigenvalue weighted by molar-refractivity contribution is 7.16. The molecule has 0 fully saturated rings. The van der Waals surface area contributed by atoms with Crippen LogP contribution in [0.5, 0.6) is 0 Å². The van der Waals surface area contributed by atoms with Gasteiger partial charge < -0.3 is 9.64 Å². The van der Waals surface area contributed by atoms with E-state index in [0.29, 0.717) is 23.2 Å². The quantitative estimate of drug-likeness (QED) is 0.367. The summed E-state index contributed by atoms with van der Waals surface area (Å²) in [6.07, 6.45) is 0.894. The van der Waals surface area contributed by atoms with Gasteiger partial charge in [0, 0.05) is 29.1 Å². The van der Waals surface area contributed by atoms with E-state index in [2.05, 4.69) is 11.8 Å². The Morgan fingerprint density at radius 1 is 1.17 bits per heavy atom. The average molecular weight is 453 g/mol. The van der Waals surface area contributed by atoms with Gasteiger partial charge in [-0.2, -0.15) is 0 Å². The van der Waals surface area contributed by atoms with Crippen LogP contribution >= 0.6 is 34.5 Å². The van der Waals surface area contributed by atoms with E-state index < -0.39 is 0 Å². The average Bonchev–Trinajstić information content (AvgIpc) is 3.07. The lowest BCUT2D eigenvalue weighted by atomic mass is 10.1. The molecule has 3 rings (SSSR count). The molecule has 0 radical (unpaired) electrons. The van der Waals surface area contributed by atoms with Gasteiger partial charge in [-0.15, -0.1) is 11.3 Å². The van der Waals surface area contributed by atoms with E-state index in [1.807, 2.05) is 19.1 Å². The number of benzene rings is 2. The Balaban J connectivity index is 2.00. The predicted molar refractivity (Wildman–Crippen MR) is 121 cm³/mol. The summed E-state index contributed by atoms with van der Waals surface area (Å²) in [6.45, 7) is 5.35. The van der Waals surface area contributed by atoms with Crippen molar-refractivity contribution in [1.82, 2.24) is 4.98 Å². The minimum Gasteiger partial charge on any atom is -0.383 e. The highest BCUT2D eigenvalue weighted by Gasteiger charge is 2.23. The second-order valence-electron chi connectivity index (χ2n) is 6.80. The van der Waals surface area contributed by atoms with Crippen LogP contribution < -0.4 is 4.90 Å². The van der Waals surface area contributed by atoms with E-state index in [1.54, 1.807) is 36.6 Å². The van der Waals surface area contributed by atoms with Crippen molar-refractivity contribution in [3.63, 3.8) is 0 Å². The molecule has 0 aliphatic heterocycles. The fraction of sp³-hybridized carbons (Fsp3) is 0.318. The van der Waals surface area contributed by atoms with Crippen molar-refractivity contribution in [1.29, 1.82) is 0 Å². The van der Waals surface area contributed by atoms with Gasteiger partial charge in [-0.25, -0.2) is 9.37 Å². The maximum Gasteiger partial charge on any atom is 0.186 e. The van der Waals surface area contributed by atoms with E-state index in [1.165, 1.54) is 12.1 Å². The number of hydrogen-bond acceptors (Lipinski definition) is 4. The van der Waals surface area contributed by atoms with E-state index in [0.717, 1.165) is 33.3 Å². The summed E-state index contributed by atoms with van der Waals surface area (Å²) < 4.78 is 18.8. The van der Waals surface area contributed by atoms with Crippen molar-refractivity contribution in [2.75, 3.05) is 18.6 Å². The Morgan fingerprint density at radius 3 is 2.52 bits per heavy atom. The number of methoxy groups -OCH3 is 1. The monoisotopic (exact) mass is 452 g/mol. The van der Waals surface area contributed by atoms with Crippen molar-refractivity contribution in [3.05, 3.63) is 68.8 Å². The molecule has 29 heavy (non-hydrogen) atoms. The van der Waals surface area contributed by atoms with Gasteiger partial charge in [0.05, 0.1) is 23.4 Å². The fourth-order valence-electron chi connectivity index (χ4n) is 3.20. The molecule has 1 unspecified atom stereocenters. The Morgan fingerprint density at radius 2 is 1.90 bits per heavy atom. The number of aryl methyl sites for hydroxylation is 1. The zero-order valence-electron chi connectivity index (χ0n) is 16.6. The topological polar surface area (TPSA) is 25.4 Å². The Bertz CT molecular complexity index is 962. The second-order valence-corrected chi connectivity index (χ2v) is 8.82. The number of anilines is 1. The molecule has 0 aliphatic rings. The van der Waals surface area contributed by atoms with Gasteiger partial charge in [0.2, 0.25) is 0 Å².